The Balaban J connectivity index is 1.64. The summed E-state index contributed by atoms with van der Waals surface area (Å²) >= 11 is 6.12. The van der Waals surface area contributed by atoms with Gasteiger partial charge in [-0.05, 0) is 49.1 Å². The molecule has 1 heterocycles. The summed E-state index contributed by atoms with van der Waals surface area (Å²) in [6.07, 6.45) is 4.19. The van der Waals surface area contributed by atoms with Gasteiger partial charge in [0, 0.05) is 17.7 Å². The third-order valence-electron chi connectivity index (χ3n) is 5.59. The number of aliphatic carboxylic acids is 1. The highest BCUT2D eigenvalue weighted by molar-refractivity contribution is 6.28. The van der Waals surface area contributed by atoms with Crippen molar-refractivity contribution < 1.29 is 9.90 Å². The van der Waals surface area contributed by atoms with Gasteiger partial charge in [-0.2, -0.15) is 0 Å². The predicted octanol–water partition coefficient (Wildman–Crippen LogP) is 4.10. The Hall–Kier alpha value is -2.14. The van der Waals surface area contributed by atoms with Gasteiger partial charge < -0.3 is 10.4 Å². The quantitative estimate of drug-likeness (QED) is 0.806. The molecule has 2 atom stereocenters. The van der Waals surface area contributed by atoms with E-state index in [1.165, 1.54) is 0 Å². The number of fused-ring (bicyclic) bond motifs is 3. The molecule has 3 aliphatic carbocycles. The van der Waals surface area contributed by atoms with Gasteiger partial charge in [0.2, 0.25) is 5.28 Å². The van der Waals surface area contributed by atoms with Crippen molar-refractivity contribution in [3.63, 3.8) is 0 Å². The number of carboxylic acid groups (broad SMARTS) is 1. The normalized spacial score (nSPS) is 27.9. The molecule has 130 valence electrons. The van der Waals surface area contributed by atoms with E-state index in [1.54, 1.807) is 0 Å². The molecular weight excluding hydrogens is 338 g/mol. The summed E-state index contributed by atoms with van der Waals surface area (Å²) in [4.78, 5) is 20.4. The minimum atomic E-state index is -0.713. The minimum absolute atomic E-state index is 0.0976. The van der Waals surface area contributed by atoms with Gasteiger partial charge in [0.25, 0.3) is 0 Å². The fraction of sp³-hybridized carbons (Fsp3) is 0.421. The topological polar surface area (TPSA) is 75.1 Å². The first-order chi connectivity index (χ1) is 12.1. The fourth-order valence-corrected chi connectivity index (χ4v) is 4.61. The third kappa shape index (κ3) is 3.21. The highest BCUT2D eigenvalue weighted by atomic mass is 35.5. The first kappa shape index (κ1) is 16.3. The Labute approximate surface area is 151 Å². The number of hydrogen-bond acceptors (Lipinski definition) is 4. The van der Waals surface area contributed by atoms with Crippen LogP contribution in [-0.2, 0) is 4.79 Å². The van der Waals surface area contributed by atoms with Gasteiger partial charge in [-0.15, -0.1) is 0 Å². The van der Waals surface area contributed by atoms with Gasteiger partial charge in [0.1, 0.15) is 5.82 Å². The van der Waals surface area contributed by atoms with E-state index in [-0.39, 0.29) is 23.2 Å². The zero-order chi connectivity index (χ0) is 17.4. The molecular formula is C19H20ClN3O2. The summed E-state index contributed by atoms with van der Waals surface area (Å²) in [5.41, 5.74) is 1.69. The van der Waals surface area contributed by atoms with Crippen LogP contribution >= 0.6 is 11.6 Å². The molecule has 5 rings (SSSR count). The van der Waals surface area contributed by atoms with Crippen molar-refractivity contribution in [2.45, 2.75) is 31.7 Å². The lowest BCUT2D eigenvalue weighted by Gasteiger charge is -2.47. The maximum atomic E-state index is 11.8. The van der Waals surface area contributed by atoms with Crippen LogP contribution in [-0.4, -0.2) is 27.1 Å². The van der Waals surface area contributed by atoms with Gasteiger partial charge in [0.05, 0.1) is 11.6 Å². The number of nitrogens with one attached hydrogen (secondary N) is 1. The van der Waals surface area contributed by atoms with Gasteiger partial charge in [-0.3, -0.25) is 4.79 Å². The summed E-state index contributed by atoms with van der Waals surface area (Å²) < 4.78 is 0. The maximum absolute atomic E-state index is 11.8. The Bertz CT molecular complexity index is 775. The number of rotatable bonds is 4. The van der Waals surface area contributed by atoms with E-state index in [2.05, 4.69) is 15.3 Å². The standard InChI is InChI=1S/C19H20ClN3O2/c20-19-21-14(11-4-2-1-3-5-11)10-15(23-19)22-17-13-8-6-12(7-9-13)16(17)18(24)25/h1-5,10,12-13,16-17H,6-9H2,(H,24,25)(H,21,22,23). The van der Waals surface area contributed by atoms with Crippen molar-refractivity contribution in [1.29, 1.82) is 0 Å². The van der Waals surface area contributed by atoms with Crippen molar-refractivity contribution in [1.82, 2.24) is 9.97 Å². The van der Waals surface area contributed by atoms with Crippen LogP contribution in [0.1, 0.15) is 25.7 Å². The highest BCUT2D eigenvalue weighted by Crippen LogP contribution is 2.46. The fourth-order valence-electron chi connectivity index (χ4n) is 4.43. The van der Waals surface area contributed by atoms with E-state index in [4.69, 9.17) is 11.6 Å². The van der Waals surface area contributed by atoms with E-state index >= 15 is 0 Å². The number of carbonyl (C=O) groups is 1. The lowest BCUT2D eigenvalue weighted by molar-refractivity contribution is -0.148. The zero-order valence-corrected chi connectivity index (χ0v) is 14.5. The molecule has 5 nitrogen and oxygen atoms in total. The van der Waals surface area contributed by atoms with E-state index in [1.807, 2.05) is 36.4 Å². The highest BCUT2D eigenvalue weighted by Gasteiger charge is 2.47. The first-order valence-corrected chi connectivity index (χ1v) is 9.09. The Morgan fingerprint density at radius 3 is 2.44 bits per heavy atom. The molecule has 6 heteroatoms. The van der Waals surface area contributed by atoms with Crippen LogP contribution in [0.2, 0.25) is 5.28 Å². The molecule has 3 aliphatic rings. The molecule has 2 N–H and O–H groups in total. The molecule has 3 fully saturated rings. The largest absolute Gasteiger partial charge is 0.481 e. The summed E-state index contributed by atoms with van der Waals surface area (Å²) in [7, 11) is 0. The molecule has 2 aromatic rings. The molecule has 0 saturated heterocycles. The second-order valence-electron chi connectivity index (χ2n) is 6.98. The number of anilines is 1. The van der Waals surface area contributed by atoms with Crippen LogP contribution in [0, 0.1) is 17.8 Å². The molecule has 1 aromatic heterocycles. The molecule has 0 aliphatic heterocycles. The van der Waals surface area contributed by atoms with Crippen molar-refractivity contribution in [2.24, 2.45) is 17.8 Å². The van der Waals surface area contributed by atoms with Crippen LogP contribution in [0.4, 0.5) is 5.82 Å². The Kier molecular flexibility index (Phi) is 4.34. The smallest absolute Gasteiger partial charge is 0.308 e. The van der Waals surface area contributed by atoms with Crippen LogP contribution < -0.4 is 5.32 Å². The number of nitrogens with zero attached hydrogens (tertiary/aromatic N) is 2. The summed E-state index contributed by atoms with van der Waals surface area (Å²) in [6.45, 7) is 0. The third-order valence-corrected chi connectivity index (χ3v) is 5.76. The average Bonchev–Trinajstić information content (AvgIpc) is 2.62. The molecule has 0 amide bonds. The van der Waals surface area contributed by atoms with Crippen LogP contribution in [0.25, 0.3) is 11.3 Å². The average molecular weight is 358 g/mol. The number of aromatic nitrogens is 2. The maximum Gasteiger partial charge on any atom is 0.308 e. The molecule has 2 bridgehead atoms. The van der Waals surface area contributed by atoms with Crippen molar-refractivity contribution in [3.05, 3.63) is 41.7 Å². The molecule has 1 aromatic carbocycles. The second kappa shape index (κ2) is 6.64. The van der Waals surface area contributed by atoms with E-state index < -0.39 is 5.97 Å². The predicted molar refractivity (Wildman–Crippen MR) is 96.5 cm³/mol. The van der Waals surface area contributed by atoms with Gasteiger partial charge in [-0.25, -0.2) is 9.97 Å². The van der Waals surface area contributed by atoms with Crippen LogP contribution in [0.15, 0.2) is 36.4 Å². The second-order valence-corrected chi connectivity index (χ2v) is 7.32. The van der Waals surface area contributed by atoms with Gasteiger partial charge in [0.15, 0.2) is 0 Å². The van der Waals surface area contributed by atoms with E-state index in [0.29, 0.717) is 11.7 Å². The van der Waals surface area contributed by atoms with Crippen LogP contribution in [0.3, 0.4) is 0 Å². The van der Waals surface area contributed by atoms with Crippen molar-refractivity contribution >= 4 is 23.4 Å². The Morgan fingerprint density at radius 1 is 1.08 bits per heavy atom. The number of carboxylic acids is 1. The number of hydrogen-bond donors (Lipinski definition) is 2. The van der Waals surface area contributed by atoms with Crippen molar-refractivity contribution in [2.75, 3.05) is 5.32 Å². The van der Waals surface area contributed by atoms with E-state index in [0.717, 1.165) is 36.9 Å². The lowest BCUT2D eigenvalue weighted by Crippen LogP contribution is -2.51. The first-order valence-electron chi connectivity index (χ1n) is 8.71. The molecule has 2 unspecified atom stereocenters. The van der Waals surface area contributed by atoms with Crippen molar-refractivity contribution in [3.8, 4) is 11.3 Å². The Morgan fingerprint density at radius 2 is 1.76 bits per heavy atom. The summed E-state index contributed by atoms with van der Waals surface area (Å²) in [5, 5.41) is 13.2. The molecule has 3 saturated carbocycles. The molecule has 0 radical (unpaired) electrons. The monoisotopic (exact) mass is 357 g/mol. The molecule has 25 heavy (non-hydrogen) atoms. The number of halogens is 1. The summed E-state index contributed by atoms with van der Waals surface area (Å²) in [5.74, 6) is 0.158. The van der Waals surface area contributed by atoms with Gasteiger partial charge in [-0.1, -0.05) is 30.3 Å². The van der Waals surface area contributed by atoms with E-state index in [9.17, 15) is 9.90 Å². The lowest BCUT2D eigenvalue weighted by atomic mass is 9.61. The SMILES string of the molecule is O=C(O)C1C2CCC(CC2)C1Nc1cc(-c2ccccc2)nc(Cl)n1. The van der Waals surface area contributed by atoms with Crippen LogP contribution in [0.5, 0.6) is 0 Å². The van der Waals surface area contributed by atoms with Gasteiger partial charge >= 0.3 is 5.97 Å². The number of benzene rings is 1. The zero-order valence-electron chi connectivity index (χ0n) is 13.7. The molecule has 0 spiro atoms. The summed E-state index contributed by atoms with van der Waals surface area (Å²) in [6, 6.07) is 11.5. The minimum Gasteiger partial charge on any atom is -0.481 e.